The number of piperazine rings is 1. The van der Waals surface area contributed by atoms with Crippen molar-refractivity contribution in [3.63, 3.8) is 0 Å². The van der Waals surface area contributed by atoms with Gasteiger partial charge in [-0.1, -0.05) is 19.4 Å². The summed E-state index contributed by atoms with van der Waals surface area (Å²) in [7, 11) is 0. The molecule has 1 unspecified atom stereocenters. The minimum absolute atomic E-state index is 0.219. The Bertz CT molecular complexity index is 633. The molecule has 1 atom stereocenters. The van der Waals surface area contributed by atoms with Crippen LogP contribution in [0, 0.1) is 0 Å². The minimum atomic E-state index is -0.448. The highest BCUT2D eigenvalue weighted by molar-refractivity contribution is 5.68. The molecule has 1 aromatic rings. The molecule has 3 heterocycles. The van der Waals surface area contributed by atoms with Gasteiger partial charge in [-0.15, -0.1) is 0 Å². The van der Waals surface area contributed by atoms with E-state index in [9.17, 15) is 4.79 Å². The standard InChI is InChI=1S/C22H36N4O2/c1-5-6-11-24-12-7-8-19(24)18-9-10-20(23-17-18)25-13-15-26(16-14-25)21(27)28-22(2,3)4/h9-10,17,19H,5-8,11-16H2,1-4H3. The van der Waals surface area contributed by atoms with Crippen molar-refractivity contribution in [3.05, 3.63) is 23.9 Å². The number of nitrogens with zero attached hydrogens (tertiary/aromatic N) is 4. The van der Waals surface area contributed by atoms with Crippen LogP contribution in [0.3, 0.4) is 0 Å². The van der Waals surface area contributed by atoms with Gasteiger partial charge in [0, 0.05) is 38.4 Å². The molecular weight excluding hydrogens is 352 g/mol. The van der Waals surface area contributed by atoms with Crippen LogP contribution in [0.25, 0.3) is 0 Å². The first-order valence-electron chi connectivity index (χ1n) is 10.8. The van der Waals surface area contributed by atoms with Crippen LogP contribution >= 0.6 is 0 Å². The molecule has 0 saturated carbocycles. The molecule has 0 radical (unpaired) electrons. The van der Waals surface area contributed by atoms with E-state index < -0.39 is 5.60 Å². The van der Waals surface area contributed by atoms with Crippen molar-refractivity contribution < 1.29 is 9.53 Å². The molecule has 0 N–H and O–H groups in total. The van der Waals surface area contributed by atoms with Crippen LogP contribution < -0.4 is 4.90 Å². The number of rotatable bonds is 5. The molecule has 0 spiro atoms. The van der Waals surface area contributed by atoms with E-state index in [1.165, 1.54) is 44.3 Å². The lowest BCUT2D eigenvalue weighted by molar-refractivity contribution is 0.0240. The first kappa shape index (κ1) is 20.9. The lowest BCUT2D eigenvalue weighted by Gasteiger charge is -2.36. The van der Waals surface area contributed by atoms with Crippen LogP contribution in [-0.4, -0.2) is 65.7 Å². The second kappa shape index (κ2) is 9.12. The molecule has 3 rings (SSSR count). The quantitative estimate of drug-likeness (QED) is 0.761. The van der Waals surface area contributed by atoms with Gasteiger partial charge in [0.25, 0.3) is 0 Å². The first-order valence-corrected chi connectivity index (χ1v) is 10.8. The number of hydrogen-bond acceptors (Lipinski definition) is 5. The molecule has 2 saturated heterocycles. The number of carbonyl (C=O) groups is 1. The highest BCUT2D eigenvalue weighted by Gasteiger charge is 2.28. The van der Waals surface area contributed by atoms with Crippen molar-refractivity contribution in [2.45, 2.75) is 65.0 Å². The van der Waals surface area contributed by atoms with Gasteiger partial charge < -0.3 is 14.5 Å². The Labute approximate surface area is 169 Å². The maximum absolute atomic E-state index is 12.2. The molecule has 0 aromatic carbocycles. The Morgan fingerprint density at radius 1 is 1.18 bits per heavy atom. The van der Waals surface area contributed by atoms with Crippen LogP contribution in [0.4, 0.5) is 10.6 Å². The van der Waals surface area contributed by atoms with Crippen LogP contribution in [0.5, 0.6) is 0 Å². The Kier molecular flexibility index (Phi) is 6.81. The summed E-state index contributed by atoms with van der Waals surface area (Å²) < 4.78 is 5.48. The highest BCUT2D eigenvalue weighted by atomic mass is 16.6. The summed E-state index contributed by atoms with van der Waals surface area (Å²) in [5.41, 5.74) is 0.890. The molecule has 156 valence electrons. The number of unbranched alkanes of at least 4 members (excludes halogenated alkanes) is 1. The van der Waals surface area contributed by atoms with Gasteiger partial charge in [-0.25, -0.2) is 9.78 Å². The second-order valence-corrected chi connectivity index (χ2v) is 8.95. The van der Waals surface area contributed by atoms with E-state index in [2.05, 4.69) is 35.1 Å². The van der Waals surface area contributed by atoms with E-state index >= 15 is 0 Å². The molecule has 1 amide bonds. The lowest BCUT2D eigenvalue weighted by Crippen LogP contribution is -2.50. The number of hydrogen-bond donors (Lipinski definition) is 0. The van der Waals surface area contributed by atoms with Crippen molar-refractivity contribution in [1.82, 2.24) is 14.8 Å². The Morgan fingerprint density at radius 3 is 2.54 bits per heavy atom. The van der Waals surface area contributed by atoms with E-state index in [4.69, 9.17) is 9.72 Å². The van der Waals surface area contributed by atoms with E-state index in [0.29, 0.717) is 19.1 Å². The molecule has 6 nitrogen and oxygen atoms in total. The minimum Gasteiger partial charge on any atom is -0.444 e. The average molecular weight is 389 g/mol. The van der Waals surface area contributed by atoms with E-state index in [1.807, 2.05) is 20.8 Å². The Hall–Kier alpha value is -1.82. The van der Waals surface area contributed by atoms with Crippen LogP contribution in [0.15, 0.2) is 18.3 Å². The van der Waals surface area contributed by atoms with Gasteiger partial charge in [0.1, 0.15) is 11.4 Å². The Morgan fingerprint density at radius 2 is 1.93 bits per heavy atom. The summed E-state index contributed by atoms with van der Waals surface area (Å²) in [6.07, 6.45) is 6.87. The third-order valence-electron chi connectivity index (χ3n) is 5.57. The molecule has 2 aliphatic rings. The van der Waals surface area contributed by atoms with Gasteiger partial charge in [0.05, 0.1) is 0 Å². The summed E-state index contributed by atoms with van der Waals surface area (Å²) in [5, 5.41) is 0. The topological polar surface area (TPSA) is 48.9 Å². The van der Waals surface area contributed by atoms with Gasteiger partial charge >= 0.3 is 6.09 Å². The number of likely N-dealkylation sites (tertiary alicyclic amines) is 1. The second-order valence-electron chi connectivity index (χ2n) is 8.95. The predicted octanol–water partition coefficient (Wildman–Crippen LogP) is 4.08. The molecule has 28 heavy (non-hydrogen) atoms. The largest absolute Gasteiger partial charge is 0.444 e. The lowest BCUT2D eigenvalue weighted by atomic mass is 10.1. The summed E-state index contributed by atoms with van der Waals surface area (Å²) in [5.74, 6) is 1.01. The number of amides is 1. The number of aromatic nitrogens is 1. The van der Waals surface area contributed by atoms with Crippen LogP contribution in [-0.2, 0) is 4.74 Å². The van der Waals surface area contributed by atoms with Crippen LogP contribution in [0.2, 0.25) is 0 Å². The highest BCUT2D eigenvalue weighted by Crippen LogP contribution is 2.32. The van der Waals surface area contributed by atoms with Crippen molar-refractivity contribution in [3.8, 4) is 0 Å². The maximum atomic E-state index is 12.2. The Balaban J connectivity index is 1.54. The number of pyridine rings is 1. The summed E-state index contributed by atoms with van der Waals surface area (Å²) >= 11 is 0. The molecule has 0 aliphatic carbocycles. The third kappa shape index (κ3) is 5.37. The normalized spacial score (nSPS) is 21.2. The SMILES string of the molecule is CCCCN1CCCC1c1ccc(N2CCN(C(=O)OC(C)(C)C)CC2)nc1. The summed E-state index contributed by atoms with van der Waals surface area (Å²) in [6, 6.07) is 4.92. The first-order chi connectivity index (χ1) is 13.4. The number of anilines is 1. The fourth-order valence-corrected chi connectivity index (χ4v) is 4.06. The van der Waals surface area contributed by atoms with Crippen LogP contribution in [0.1, 0.15) is 65.0 Å². The van der Waals surface area contributed by atoms with Crippen molar-refractivity contribution in [2.75, 3.05) is 44.2 Å². The zero-order valence-electron chi connectivity index (χ0n) is 18.0. The molecule has 6 heteroatoms. The zero-order valence-corrected chi connectivity index (χ0v) is 18.0. The van der Waals surface area contributed by atoms with Gasteiger partial charge in [-0.2, -0.15) is 0 Å². The molecule has 2 aliphatic heterocycles. The monoisotopic (exact) mass is 388 g/mol. The fourth-order valence-electron chi connectivity index (χ4n) is 4.06. The third-order valence-corrected chi connectivity index (χ3v) is 5.57. The number of carbonyl (C=O) groups excluding carboxylic acids is 1. The van der Waals surface area contributed by atoms with Gasteiger partial charge in [0.2, 0.25) is 0 Å². The molecule has 1 aromatic heterocycles. The molecule has 2 fully saturated rings. The van der Waals surface area contributed by atoms with E-state index in [0.717, 1.165) is 18.9 Å². The van der Waals surface area contributed by atoms with Crippen molar-refractivity contribution in [2.24, 2.45) is 0 Å². The fraction of sp³-hybridized carbons (Fsp3) is 0.727. The molecule has 0 bridgehead atoms. The maximum Gasteiger partial charge on any atom is 0.410 e. The van der Waals surface area contributed by atoms with Crippen molar-refractivity contribution in [1.29, 1.82) is 0 Å². The molecular formula is C22H36N4O2. The van der Waals surface area contributed by atoms with E-state index in [-0.39, 0.29) is 6.09 Å². The smallest absolute Gasteiger partial charge is 0.410 e. The summed E-state index contributed by atoms with van der Waals surface area (Å²) in [6.45, 7) is 13.3. The number of ether oxygens (including phenoxy) is 1. The van der Waals surface area contributed by atoms with Gasteiger partial charge in [-0.3, -0.25) is 4.90 Å². The van der Waals surface area contributed by atoms with Gasteiger partial charge in [-0.05, 0) is 64.8 Å². The van der Waals surface area contributed by atoms with Gasteiger partial charge in [0.15, 0.2) is 0 Å². The van der Waals surface area contributed by atoms with Crippen molar-refractivity contribution >= 4 is 11.9 Å². The zero-order chi connectivity index (χ0) is 20.1. The van der Waals surface area contributed by atoms with E-state index in [1.54, 1.807) is 4.90 Å². The predicted molar refractivity (Wildman–Crippen MR) is 113 cm³/mol. The average Bonchev–Trinajstić information content (AvgIpc) is 3.14. The summed E-state index contributed by atoms with van der Waals surface area (Å²) in [4.78, 5) is 23.6.